The third-order valence-electron chi connectivity index (χ3n) is 14.8. The average molecular weight is 1100 g/mol. The van der Waals surface area contributed by atoms with Gasteiger partial charge in [0.05, 0.1) is 22.8 Å². The Morgan fingerprint density at radius 1 is 0.342 bits per heavy atom. The van der Waals surface area contributed by atoms with Gasteiger partial charge in [0.15, 0.2) is 0 Å². The van der Waals surface area contributed by atoms with E-state index < -0.39 is 0 Å². The van der Waals surface area contributed by atoms with Crippen LogP contribution >= 0.6 is 0 Å². The van der Waals surface area contributed by atoms with Crippen LogP contribution in [0.1, 0.15) is 48.5 Å². The molecule has 6 N–H and O–H groups in total. The first kappa shape index (κ1) is 52.9. The summed E-state index contributed by atoms with van der Waals surface area (Å²) in [5, 5.41) is 20.0. The maximum atomic E-state index is 14.3. The van der Waals surface area contributed by atoms with Gasteiger partial charge in [0, 0.05) is 136 Å². The van der Waals surface area contributed by atoms with Gasteiger partial charge in [-0.15, -0.1) is 22.1 Å². The molecule has 0 fully saturated rings. The average Bonchev–Trinajstić information content (AvgIpc) is 4.46. The van der Waals surface area contributed by atoms with Crippen LogP contribution in [0.25, 0.3) is 90.9 Å². The number of hydrogen-bond acceptors (Lipinski definition) is 10. The Bertz CT molecular complexity index is 3520. The first-order valence-electron chi connectivity index (χ1n) is 26.8. The molecule has 79 heavy (non-hydrogen) atoms. The van der Waals surface area contributed by atoms with Crippen molar-refractivity contribution < 1.29 is 38.7 Å². The molecule has 0 aliphatic carbocycles. The minimum Gasteiger partial charge on any atom is -0.657 e. The van der Waals surface area contributed by atoms with Crippen LogP contribution in [0.3, 0.4) is 0 Å². The Balaban J connectivity index is 0.00000660. The summed E-state index contributed by atoms with van der Waals surface area (Å²) in [4.78, 5) is 83.2. The molecule has 4 aromatic carbocycles. The zero-order chi connectivity index (χ0) is 53.0. The van der Waals surface area contributed by atoms with E-state index in [1.165, 1.54) is 0 Å². The zero-order valence-electron chi connectivity index (χ0n) is 43.8. The van der Waals surface area contributed by atoms with Crippen LogP contribution in [0.4, 0.5) is 22.7 Å². The van der Waals surface area contributed by atoms with Crippen molar-refractivity contribution in [3.63, 3.8) is 0 Å². The number of nitrogens with one attached hydrogen (secondary N) is 6. The van der Waals surface area contributed by atoms with Gasteiger partial charge in [-0.1, -0.05) is 97.1 Å². The normalized spacial score (nSPS) is 18.1. The summed E-state index contributed by atoms with van der Waals surface area (Å²) in [7, 11) is 0. The van der Waals surface area contributed by atoms with Crippen molar-refractivity contribution in [3.8, 4) is 44.5 Å². The second-order valence-corrected chi connectivity index (χ2v) is 19.9. The first-order chi connectivity index (χ1) is 38.3. The zero-order valence-corrected chi connectivity index (χ0v) is 46.7. The summed E-state index contributed by atoms with van der Waals surface area (Å²) in [6.07, 6.45) is 8.64. The van der Waals surface area contributed by atoms with E-state index in [1.807, 2.05) is 146 Å². The van der Waals surface area contributed by atoms with Crippen molar-refractivity contribution in [3.05, 3.63) is 144 Å². The number of carbonyl (C=O) groups excluding carboxylic acids is 4. The number of carbonyl (C=O) groups is 4. The van der Waals surface area contributed by atoms with Crippen molar-refractivity contribution in [2.45, 2.75) is 25.7 Å². The smallest absolute Gasteiger partial charge is 0.657 e. The van der Waals surface area contributed by atoms with Gasteiger partial charge in [0.1, 0.15) is 0 Å². The molecule has 7 aromatic rings. The molecule has 6 aliphatic heterocycles. The van der Waals surface area contributed by atoms with Crippen molar-refractivity contribution in [2.75, 3.05) is 86.7 Å². The number of hydrogen-bond donors (Lipinski definition) is 6. The summed E-state index contributed by atoms with van der Waals surface area (Å²) in [5.41, 5.74) is 12.6. The standard InChI is InChI=1S/C62H60N12O4.Zn/c75-55-25-29-63-31-35-74-36-32-64-30-26-56(76)70-44-14-6-2-10-40(44)60-48-18-17-47(65-48)59(39-9-1-5-13-43(39)69-55)49-19-21-51(66-49)61-41-11-3-7-15-45(41)71-57(77)27-33-73(37-38-74)34-28-58(78)72-46-16-8-4-12-42(46)62(52-22-20-50(60)67-52)54-24-23-53(61)68-54;/h1-24,63-64H,25-38H2,(H6,65,66,67,68,69,70,71,72,75,76,77,78);/q;+2/p-2. The molecule has 17 heteroatoms. The van der Waals surface area contributed by atoms with Gasteiger partial charge in [-0.25, -0.2) is 9.97 Å². The quantitative estimate of drug-likeness (QED) is 0.0791. The Kier molecular flexibility index (Phi) is 15.9. The molecule has 14 bridgehead atoms. The molecule has 9 heterocycles. The predicted octanol–water partition coefficient (Wildman–Crippen LogP) is 8.72. The minimum atomic E-state index is -0.176. The number of nitrogens with zero attached hydrogens (tertiary/aromatic N) is 6. The largest absolute Gasteiger partial charge is 2.00 e. The fraction of sp³-hybridized carbons (Fsp3) is 0.226. The van der Waals surface area contributed by atoms with Crippen LogP contribution in [0, 0.1) is 0 Å². The number of benzene rings is 4. The summed E-state index contributed by atoms with van der Waals surface area (Å²) in [5.74, 6) is -0.644. The van der Waals surface area contributed by atoms with E-state index in [0.717, 1.165) is 11.1 Å². The van der Waals surface area contributed by atoms with Crippen LogP contribution < -0.4 is 41.9 Å². The Morgan fingerprint density at radius 2 is 0.633 bits per heavy atom. The van der Waals surface area contributed by atoms with E-state index in [4.69, 9.17) is 19.9 Å². The van der Waals surface area contributed by atoms with Crippen molar-refractivity contribution >= 4 is 92.7 Å². The molecular formula is C62H58N12O4Zn. The maximum Gasteiger partial charge on any atom is 2.00 e. The molecule has 16 nitrogen and oxygen atoms in total. The molecule has 3 aromatic heterocycles. The SMILES string of the molecule is O=C1CCNCCN2CCNCCC(=O)Nc3ccccc3-c3c4nc(c5c6ccc([n-]6)c(c6nc(c(c7ccc3[n-]7)-c3ccccc3N1)C=C6)-c1ccccc1NC(=O)CCN(CCC(=O)Nc1ccccc1-5)CC2)C=C4.[Zn+2]. The van der Waals surface area contributed by atoms with Crippen LogP contribution in [0.5, 0.6) is 0 Å². The van der Waals surface area contributed by atoms with E-state index in [-0.39, 0.29) is 68.8 Å². The van der Waals surface area contributed by atoms with Crippen LogP contribution in [0.2, 0.25) is 0 Å². The summed E-state index contributed by atoms with van der Waals surface area (Å²) >= 11 is 0. The topological polar surface area (TPSA) is 201 Å². The van der Waals surface area contributed by atoms with Crippen molar-refractivity contribution in [1.29, 1.82) is 0 Å². The Morgan fingerprint density at radius 3 is 0.962 bits per heavy atom. The fourth-order valence-corrected chi connectivity index (χ4v) is 10.9. The van der Waals surface area contributed by atoms with Gasteiger partial charge in [-0.05, 0) is 70.8 Å². The number of amides is 4. The molecule has 0 saturated carbocycles. The molecule has 4 amide bonds. The van der Waals surface area contributed by atoms with Gasteiger partial charge >= 0.3 is 19.5 Å². The van der Waals surface area contributed by atoms with Crippen LogP contribution in [-0.2, 0) is 38.7 Å². The Labute approximate surface area is 470 Å². The van der Waals surface area contributed by atoms with Crippen LogP contribution in [0.15, 0.2) is 121 Å². The second-order valence-electron chi connectivity index (χ2n) is 19.9. The molecule has 0 unspecified atom stereocenters. The van der Waals surface area contributed by atoms with Crippen LogP contribution in [-0.4, -0.2) is 109 Å². The summed E-state index contributed by atoms with van der Waals surface area (Å²) in [6, 6.07) is 38.8. The minimum absolute atomic E-state index is 0. The number of anilines is 4. The van der Waals surface area contributed by atoms with E-state index in [0.29, 0.717) is 166 Å². The molecule has 0 spiro atoms. The maximum absolute atomic E-state index is 14.3. The van der Waals surface area contributed by atoms with Crippen molar-refractivity contribution in [1.82, 2.24) is 40.4 Å². The summed E-state index contributed by atoms with van der Waals surface area (Å²) < 4.78 is 0. The molecular weight excluding hydrogens is 1040 g/mol. The van der Waals surface area contributed by atoms with Gasteiger partial charge in [0.2, 0.25) is 23.6 Å². The second kappa shape index (κ2) is 23.8. The molecule has 6 aliphatic rings. The van der Waals surface area contributed by atoms with Gasteiger partial charge in [-0.2, -0.15) is 0 Å². The molecule has 392 valence electrons. The first-order valence-corrected chi connectivity index (χ1v) is 26.8. The monoisotopic (exact) mass is 1100 g/mol. The van der Waals surface area contributed by atoms with Gasteiger partial charge in [0.25, 0.3) is 0 Å². The number of rotatable bonds is 0. The third-order valence-corrected chi connectivity index (χ3v) is 14.8. The van der Waals surface area contributed by atoms with E-state index in [1.54, 1.807) is 0 Å². The van der Waals surface area contributed by atoms with E-state index in [2.05, 4.69) is 41.7 Å². The number of fused-ring (bicyclic) bond motifs is 19. The molecule has 0 atom stereocenters. The Hall–Kier alpha value is -8.18. The predicted molar refractivity (Wildman–Crippen MR) is 310 cm³/mol. The number of aromatic nitrogens is 4. The molecule has 0 saturated heterocycles. The number of para-hydroxylation sites is 4. The third kappa shape index (κ3) is 11.5. The summed E-state index contributed by atoms with van der Waals surface area (Å²) in [6.45, 7) is 5.46. The molecule has 0 radical (unpaired) electrons. The van der Waals surface area contributed by atoms with E-state index >= 15 is 0 Å². The van der Waals surface area contributed by atoms with Crippen molar-refractivity contribution in [2.24, 2.45) is 0 Å². The fourth-order valence-electron chi connectivity index (χ4n) is 10.9. The van der Waals surface area contributed by atoms with Gasteiger partial charge < -0.3 is 46.8 Å². The van der Waals surface area contributed by atoms with Gasteiger partial charge in [-0.3, -0.25) is 24.1 Å². The van der Waals surface area contributed by atoms with E-state index in [9.17, 15) is 19.2 Å². The molecule has 13 rings (SSSR count).